The molecule has 0 heterocycles. The van der Waals surface area contributed by atoms with E-state index in [-0.39, 0.29) is 5.97 Å². The summed E-state index contributed by atoms with van der Waals surface area (Å²) in [5, 5.41) is 0. The molecule has 1 rings (SSSR count). The highest BCUT2D eigenvalue weighted by atomic mass is 16.5. The van der Waals surface area contributed by atoms with Crippen LogP contribution in [0.3, 0.4) is 0 Å². The van der Waals surface area contributed by atoms with Gasteiger partial charge in [-0.3, -0.25) is 0 Å². The number of anilines is 1. The van der Waals surface area contributed by atoms with Crippen LogP contribution in [0.1, 0.15) is 17.3 Å². The molecule has 16 heavy (non-hydrogen) atoms. The van der Waals surface area contributed by atoms with Crippen molar-refractivity contribution >= 4 is 11.7 Å². The molecular weight excluding hydrogens is 202 g/mol. The Morgan fingerprint density at radius 2 is 2.12 bits per heavy atom. The molecule has 0 bridgehead atoms. The second-order valence-electron chi connectivity index (χ2n) is 3.29. The van der Waals surface area contributed by atoms with E-state index in [0.717, 1.165) is 5.69 Å². The van der Waals surface area contributed by atoms with E-state index < -0.39 is 0 Å². The van der Waals surface area contributed by atoms with Gasteiger partial charge in [0.1, 0.15) is 0 Å². The van der Waals surface area contributed by atoms with Crippen LogP contribution in [0, 0.1) is 11.8 Å². The van der Waals surface area contributed by atoms with Crippen molar-refractivity contribution in [1.82, 2.24) is 0 Å². The summed E-state index contributed by atoms with van der Waals surface area (Å²) in [5.41, 5.74) is 1.39. The van der Waals surface area contributed by atoms with E-state index in [1.807, 2.05) is 30.1 Å². The number of nitrogens with zero attached hydrogens (tertiary/aromatic N) is 1. The number of ether oxygens (including phenoxy) is 1. The van der Waals surface area contributed by atoms with Crippen LogP contribution < -0.4 is 4.90 Å². The number of rotatable bonds is 3. The number of para-hydroxylation sites is 1. The number of esters is 1. The molecule has 0 aliphatic rings. The highest BCUT2D eigenvalue weighted by Gasteiger charge is 2.13. The summed E-state index contributed by atoms with van der Waals surface area (Å²) in [6.07, 6.45) is 0. The van der Waals surface area contributed by atoms with Gasteiger partial charge in [0.05, 0.1) is 24.9 Å². The fourth-order valence-electron chi connectivity index (χ4n) is 1.37. The fraction of sp³-hybridized carbons (Fsp3) is 0.308. The lowest BCUT2D eigenvalue weighted by Gasteiger charge is -2.18. The minimum absolute atomic E-state index is 0.327. The number of hydrogen-bond acceptors (Lipinski definition) is 3. The van der Waals surface area contributed by atoms with Crippen LogP contribution in [-0.2, 0) is 4.74 Å². The first-order valence-electron chi connectivity index (χ1n) is 4.98. The van der Waals surface area contributed by atoms with E-state index in [4.69, 9.17) is 4.74 Å². The van der Waals surface area contributed by atoms with Gasteiger partial charge in [0.15, 0.2) is 0 Å². The van der Waals surface area contributed by atoms with Crippen molar-refractivity contribution in [2.75, 3.05) is 25.6 Å². The van der Waals surface area contributed by atoms with E-state index in [0.29, 0.717) is 12.1 Å². The molecule has 0 aliphatic carbocycles. The number of benzene rings is 1. The lowest BCUT2D eigenvalue weighted by molar-refractivity contribution is 0.0601. The third kappa shape index (κ3) is 2.77. The first kappa shape index (κ1) is 12.1. The van der Waals surface area contributed by atoms with Gasteiger partial charge in [-0.15, -0.1) is 5.92 Å². The molecule has 1 aromatic rings. The summed E-state index contributed by atoms with van der Waals surface area (Å²) in [5.74, 6) is 5.45. The van der Waals surface area contributed by atoms with Crippen LogP contribution >= 0.6 is 0 Å². The van der Waals surface area contributed by atoms with Crippen LogP contribution in [0.4, 0.5) is 5.69 Å². The van der Waals surface area contributed by atoms with Crippen LogP contribution in [-0.4, -0.2) is 26.7 Å². The van der Waals surface area contributed by atoms with Gasteiger partial charge in [-0.25, -0.2) is 4.79 Å². The average Bonchev–Trinajstić information content (AvgIpc) is 2.35. The van der Waals surface area contributed by atoms with Crippen molar-refractivity contribution in [3.05, 3.63) is 29.8 Å². The van der Waals surface area contributed by atoms with E-state index in [1.165, 1.54) is 7.11 Å². The predicted molar refractivity (Wildman–Crippen MR) is 64.5 cm³/mol. The maximum absolute atomic E-state index is 11.5. The Morgan fingerprint density at radius 1 is 1.44 bits per heavy atom. The van der Waals surface area contributed by atoms with Gasteiger partial charge in [-0.1, -0.05) is 18.1 Å². The second kappa shape index (κ2) is 5.82. The topological polar surface area (TPSA) is 29.5 Å². The maximum atomic E-state index is 11.5. The molecule has 0 radical (unpaired) electrons. The minimum atomic E-state index is -0.327. The highest BCUT2D eigenvalue weighted by Crippen LogP contribution is 2.19. The van der Waals surface area contributed by atoms with Gasteiger partial charge < -0.3 is 9.64 Å². The van der Waals surface area contributed by atoms with E-state index in [1.54, 1.807) is 13.0 Å². The molecule has 0 N–H and O–H groups in total. The Labute approximate surface area is 96.0 Å². The molecule has 0 spiro atoms. The maximum Gasteiger partial charge on any atom is 0.339 e. The molecule has 84 valence electrons. The van der Waals surface area contributed by atoms with Crippen molar-refractivity contribution in [2.24, 2.45) is 0 Å². The smallest absolute Gasteiger partial charge is 0.339 e. The van der Waals surface area contributed by atoms with Gasteiger partial charge in [0, 0.05) is 7.05 Å². The fourth-order valence-corrected chi connectivity index (χ4v) is 1.37. The van der Waals surface area contributed by atoms with Gasteiger partial charge in [-0.2, -0.15) is 0 Å². The van der Waals surface area contributed by atoms with E-state index >= 15 is 0 Å². The molecule has 1 aromatic carbocycles. The zero-order valence-corrected chi connectivity index (χ0v) is 9.78. The minimum Gasteiger partial charge on any atom is -0.465 e. The molecule has 3 heteroatoms. The molecular formula is C13H15NO2. The summed E-state index contributed by atoms with van der Waals surface area (Å²) in [4.78, 5) is 13.4. The molecule has 0 unspecified atom stereocenters. The van der Waals surface area contributed by atoms with Gasteiger partial charge >= 0.3 is 5.97 Å². The third-order valence-electron chi connectivity index (χ3n) is 2.21. The van der Waals surface area contributed by atoms with E-state index in [2.05, 4.69) is 11.8 Å². The molecule has 0 aromatic heterocycles. The third-order valence-corrected chi connectivity index (χ3v) is 2.21. The lowest BCUT2D eigenvalue weighted by atomic mass is 10.1. The molecule has 0 atom stereocenters. The van der Waals surface area contributed by atoms with Crippen molar-refractivity contribution in [3.8, 4) is 11.8 Å². The summed E-state index contributed by atoms with van der Waals surface area (Å²) in [6.45, 7) is 2.38. The van der Waals surface area contributed by atoms with E-state index in [9.17, 15) is 4.79 Å². The Balaban J connectivity index is 3.01. The number of carbonyl (C=O) groups is 1. The van der Waals surface area contributed by atoms with Gasteiger partial charge in [-0.05, 0) is 19.1 Å². The Kier molecular flexibility index (Phi) is 4.41. The number of methoxy groups -OCH3 is 1. The van der Waals surface area contributed by atoms with Crippen molar-refractivity contribution in [1.29, 1.82) is 0 Å². The molecule has 0 aliphatic heterocycles. The van der Waals surface area contributed by atoms with Gasteiger partial charge in [0.25, 0.3) is 0 Å². The standard InChI is InChI=1S/C13H15NO2/c1-4-5-10-14(2)12-9-7-6-8-11(12)13(15)16-3/h6-9H,10H2,1-3H3. The SMILES string of the molecule is CC#CCN(C)c1ccccc1C(=O)OC. The second-order valence-corrected chi connectivity index (χ2v) is 3.29. The van der Waals surface area contributed by atoms with Gasteiger partial charge in [0.2, 0.25) is 0 Å². The molecule has 0 saturated heterocycles. The van der Waals surface area contributed by atoms with Crippen LogP contribution in [0.5, 0.6) is 0 Å². The van der Waals surface area contributed by atoms with Crippen LogP contribution in [0.25, 0.3) is 0 Å². The molecule has 3 nitrogen and oxygen atoms in total. The quantitative estimate of drug-likeness (QED) is 0.572. The zero-order valence-electron chi connectivity index (χ0n) is 9.78. The van der Waals surface area contributed by atoms with Crippen LogP contribution in [0.15, 0.2) is 24.3 Å². The average molecular weight is 217 g/mol. The zero-order chi connectivity index (χ0) is 12.0. The van der Waals surface area contributed by atoms with Crippen molar-refractivity contribution in [2.45, 2.75) is 6.92 Å². The molecule has 0 fully saturated rings. The lowest BCUT2D eigenvalue weighted by Crippen LogP contribution is -2.20. The highest BCUT2D eigenvalue weighted by molar-refractivity contribution is 5.95. The first-order chi connectivity index (χ1) is 7.70. The Hall–Kier alpha value is -1.95. The molecule has 0 amide bonds. The largest absolute Gasteiger partial charge is 0.465 e. The summed E-state index contributed by atoms with van der Waals surface area (Å²) in [7, 11) is 3.27. The number of hydrogen-bond donors (Lipinski definition) is 0. The monoisotopic (exact) mass is 217 g/mol. The van der Waals surface area contributed by atoms with Crippen LogP contribution in [0.2, 0.25) is 0 Å². The summed E-state index contributed by atoms with van der Waals surface area (Å²) < 4.78 is 4.73. The number of carbonyl (C=O) groups excluding carboxylic acids is 1. The summed E-state index contributed by atoms with van der Waals surface area (Å²) in [6, 6.07) is 7.33. The molecule has 0 saturated carbocycles. The van der Waals surface area contributed by atoms with Crippen molar-refractivity contribution < 1.29 is 9.53 Å². The van der Waals surface area contributed by atoms with Crippen molar-refractivity contribution in [3.63, 3.8) is 0 Å². The normalized spacial score (nSPS) is 8.94. The first-order valence-corrected chi connectivity index (χ1v) is 4.98. The Morgan fingerprint density at radius 3 is 2.75 bits per heavy atom. The summed E-state index contributed by atoms with van der Waals surface area (Å²) >= 11 is 0. The Bertz CT molecular complexity index is 429. The predicted octanol–water partition coefficient (Wildman–Crippen LogP) is 1.93.